The van der Waals surface area contributed by atoms with Gasteiger partial charge in [0.25, 0.3) is 0 Å². The van der Waals surface area contributed by atoms with Crippen molar-refractivity contribution >= 4 is 23.6 Å². The molecule has 5 nitrogen and oxygen atoms in total. The van der Waals surface area contributed by atoms with Crippen LogP contribution in [0, 0.1) is 11.6 Å². The lowest BCUT2D eigenvalue weighted by Crippen LogP contribution is -2.48. The number of likely N-dealkylation sites (N-methyl/N-ethyl adjacent to an activating group) is 1. The Kier molecular flexibility index (Phi) is 6.17. The van der Waals surface area contributed by atoms with Crippen LogP contribution in [-0.4, -0.2) is 60.6 Å². The number of thioether (sulfide) groups is 1. The average molecular weight is 357 g/mol. The van der Waals surface area contributed by atoms with E-state index >= 15 is 0 Å². The highest BCUT2D eigenvalue weighted by Crippen LogP contribution is 2.41. The second kappa shape index (κ2) is 7.94. The van der Waals surface area contributed by atoms with E-state index in [2.05, 4.69) is 5.32 Å². The number of carbonyl (C=O) groups excluding carboxylic acids is 2. The third-order valence-electron chi connectivity index (χ3n) is 3.79. The number of carbonyl (C=O) groups is 2. The largest absolute Gasteiger partial charge is 0.353 e. The summed E-state index contributed by atoms with van der Waals surface area (Å²) in [5.41, 5.74) is 0.209. The molecule has 8 heteroatoms. The van der Waals surface area contributed by atoms with E-state index in [4.69, 9.17) is 0 Å². The first-order valence-electron chi connectivity index (χ1n) is 7.61. The first-order valence-corrected chi connectivity index (χ1v) is 8.66. The van der Waals surface area contributed by atoms with E-state index in [0.29, 0.717) is 13.1 Å². The van der Waals surface area contributed by atoms with Gasteiger partial charge in [0.05, 0.1) is 5.75 Å². The maximum Gasteiger partial charge on any atom is 0.242 e. The predicted molar refractivity (Wildman–Crippen MR) is 89.4 cm³/mol. The van der Waals surface area contributed by atoms with Gasteiger partial charge in [0.1, 0.15) is 23.1 Å². The summed E-state index contributed by atoms with van der Waals surface area (Å²) in [5.74, 6) is -1.75. The zero-order chi connectivity index (χ0) is 17.9. The van der Waals surface area contributed by atoms with Crippen molar-refractivity contribution in [1.82, 2.24) is 15.1 Å². The molecule has 2 atom stereocenters. The number of rotatable bonds is 6. The zero-order valence-electron chi connectivity index (χ0n) is 13.9. The van der Waals surface area contributed by atoms with Gasteiger partial charge in [0.15, 0.2) is 0 Å². The van der Waals surface area contributed by atoms with Crippen LogP contribution < -0.4 is 5.32 Å². The maximum absolute atomic E-state index is 14.1. The smallest absolute Gasteiger partial charge is 0.242 e. The Hall–Kier alpha value is -1.67. The predicted octanol–water partition coefficient (Wildman–Crippen LogP) is 1.61. The van der Waals surface area contributed by atoms with E-state index in [0.717, 1.165) is 12.1 Å². The fourth-order valence-electron chi connectivity index (χ4n) is 2.47. The molecule has 0 bridgehead atoms. The Balaban J connectivity index is 2.13. The molecule has 2 amide bonds. The molecule has 1 aliphatic rings. The molecule has 24 heavy (non-hydrogen) atoms. The van der Waals surface area contributed by atoms with E-state index in [9.17, 15) is 18.4 Å². The van der Waals surface area contributed by atoms with Gasteiger partial charge in [-0.1, -0.05) is 6.07 Å². The molecule has 1 aromatic carbocycles. The highest BCUT2D eigenvalue weighted by atomic mass is 32.2. The SMILES string of the molecule is C[C@H](C(=O)NCCN(C)C)N1C(=O)CS[C@@H]1c1ccc(F)cc1F. The van der Waals surface area contributed by atoms with Crippen LogP contribution in [0.4, 0.5) is 8.78 Å². The minimum Gasteiger partial charge on any atom is -0.353 e. The van der Waals surface area contributed by atoms with Gasteiger partial charge in [0.2, 0.25) is 11.8 Å². The number of nitrogens with one attached hydrogen (secondary N) is 1. The first-order chi connectivity index (χ1) is 11.3. The van der Waals surface area contributed by atoms with Crippen molar-refractivity contribution in [3.05, 3.63) is 35.4 Å². The summed E-state index contributed by atoms with van der Waals surface area (Å²) in [4.78, 5) is 27.8. The van der Waals surface area contributed by atoms with Crippen LogP contribution in [0.2, 0.25) is 0 Å². The minimum absolute atomic E-state index is 0.163. The highest BCUT2D eigenvalue weighted by Gasteiger charge is 2.39. The summed E-state index contributed by atoms with van der Waals surface area (Å²) in [6, 6.07) is 2.54. The molecule has 1 N–H and O–H groups in total. The van der Waals surface area contributed by atoms with Crippen LogP contribution in [0.25, 0.3) is 0 Å². The molecule has 132 valence electrons. The van der Waals surface area contributed by atoms with Gasteiger partial charge >= 0.3 is 0 Å². The summed E-state index contributed by atoms with van der Waals surface area (Å²) in [6.45, 7) is 2.75. The Morgan fingerprint density at radius 3 is 2.79 bits per heavy atom. The Morgan fingerprint density at radius 1 is 1.46 bits per heavy atom. The topological polar surface area (TPSA) is 52.7 Å². The molecule has 1 saturated heterocycles. The van der Waals surface area contributed by atoms with Gasteiger partial charge in [-0.15, -0.1) is 11.8 Å². The standard InChI is InChI=1S/C16H21F2N3O2S/c1-10(15(23)19-6-7-20(2)3)21-14(22)9-24-16(21)12-5-4-11(17)8-13(12)18/h4-5,8,10,16H,6-7,9H2,1-3H3,(H,19,23)/t10-,16-/m1/s1. The summed E-state index contributed by atoms with van der Waals surface area (Å²) in [5, 5.41) is 2.14. The molecule has 1 heterocycles. The molecule has 1 aliphatic heterocycles. The van der Waals surface area contributed by atoms with Crippen LogP contribution in [0.15, 0.2) is 18.2 Å². The van der Waals surface area contributed by atoms with Crippen molar-refractivity contribution in [3.63, 3.8) is 0 Å². The van der Waals surface area contributed by atoms with E-state index in [1.54, 1.807) is 6.92 Å². The van der Waals surface area contributed by atoms with Crippen molar-refractivity contribution in [1.29, 1.82) is 0 Å². The molecular weight excluding hydrogens is 336 g/mol. The normalized spacial score (nSPS) is 19.0. The molecule has 2 rings (SSSR count). The lowest BCUT2D eigenvalue weighted by Gasteiger charge is -2.30. The van der Waals surface area contributed by atoms with Crippen LogP contribution in [0.1, 0.15) is 17.9 Å². The highest BCUT2D eigenvalue weighted by molar-refractivity contribution is 8.00. The molecule has 0 unspecified atom stereocenters. The van der Waals surface area contributed by atoms with Gasteiger partial charge in [-0.3, -0.25) is 9.59 Å². The minimum atomic E-state index is -0.732. The monoisotopic (exact) mass is 357 g/mol. The van der Waals surface area contributed by atoms with Crippen molar-refractivity contribution in [2.45, 2.75) is 18.3 Å². The van der Waals surface area contributed by atoms with Crippen LogP contribution in [-0.2, 0) is 9.59 Å². The van der Waals surface area contributed by atoms with E-state index in [1.807, 2.05) is 19.0 Å². The Morgan fingerprint density at radius 2 is 2.17 bits per heavy atom. The van der Waals surface area contributed by atoms with Gasteiger partial charge in [-0.25, -0.2) is 8.78 Å². The summed E-state index contributed by atoms with van der Waals surface area (Å²) in [7, 11) is 3.78. The number of benzene rings is 1. The second-order valence-corrected chi connectivity index (χ2v) is 6.97. The number of halogens is 2. The third kappa shape index (κ3) is 4.24. The Bertz CT molecular complexity index is 627. The van der Waals surface area contributed by atoms with Gasteiger partial charge in [-0.05, 0) is 27.1 Å². The molecule has 0 aliphatic carbocycles. The number of hydrogen-bond acceptors (Lipinski definition) is 4. The van der Waals surface area contributed by atoms with Gasteiger partial charge < -0.3 is 15.1 Å². The quantitative estimate of drug-likeness (QED) is 0.840. The molecule has 0 saturated carbocycles. The molecule has 0 aromatic heterocycles. The van der Waals surface area contributed by atoms with E-state index < -0.39 is 23.1 Å². The lowest BCUT2D eigenvalue weighted by atomic mass is 10.1. The van der Waals surface area contributed by atoms with Crippen LogP contribution in [0.5, 0.6) is 0 Å². The van der Waals surface area contributed by atoms with E-state index in [-0.39, 0.29) is 23.1 Å². The lowest BCUT2D eigenvalue weighted by molar-refractivity contribution is -0.137. The molecule has 1 aromatic rings. The van der Waals surface area contributed by atoms with Crippen molar-refractivity contribution < 1.29 is 18.4 Å². The van der Waals surface area contributed by atoms with Crippen molar-refractivity contribution in [2.24, 2.45) is 0 Å². The molecular formula is C16H21F2N3O2S. The summed E-state index contributed by atoms with van der Waals surface area (Å²) >= 11 is 1.23. The van der Waals surface area contributed by atoms with Crippen LogP contribution in [0.3, 0.4) is 0 Å². The summed E-state index contributed by atoms with van der Waals surface area (Å²) in [6.07, 6.45) is 0. The van der Waals surface area contributed by atoms with Gasteiger partial charge in [-0.2, -0.15) is 0 Å². The number of hydrogen-bond donors (Lipinski definition) is 1. The second-order valence-electron chi connectivity index (χ2n) is 5.90. The fourth-order valence-corrected chi connectivity index (χ4v) is 3.75. The third-order valence-corrected chi connectivity index (χ3v) is 5.00. The maximum atomic E-state index is 14.1. The van der Waals surface area contributed by atoms with Gasteiger partial charge in [0, 0.05) is 24.7 Å². The molecule has 1 fully saturated rings. The molecule has 0 radical (unpaired) electrons. The first kappa shape index (κ1) is 18.7. The zero-order valence-corrected chi connectivity index (χ0v) is 14.7. The molecule has 0 spiro atoms. The fraction of sp³-hybridized carbons (Fsp3) is 0.500. The van der Waals surface area contributed by atoms with Crippen LogP contribution >= 0.6 is 11.8 Å². The van der Waals surface area contributed by atoms with Crippen molar-refractivity contribution in [2.75, 3.05) is 32.9 Å². The summed E-state index contributed by atoms with van der Waals surface area (Å²) < 4.78 is 27.2. The van der Waals surface area contributed by atoms with E-state index in [1.165, 1.54) is 22.7 Å². The number of nitrogens with zero attached hydrogens (tertiary/aromatic N) is 2. The average Bonchev–Trinajstić information content (AvgIpc) is 2.87. The Labute approximate surface area is 144 Å². The number of amides is 2. The van der Waals surface area contributed by atoms with Crippen molar-refractivity contribution in [3.8, 4) is 0 Å².